The number of para-hydroxylation sites is 1. The van der Waals surface area contributed by atoms with Crippen LogP contribution in [0.3, 0.4) is 0 Å². The molecular weight excluding hydrogens is 276 g/mol. The van der Waals surface area contributed by atoms with E-state index in [1.165, 1.54) is 14.2 Å². The maximum Gasteiger partial charge on any atom is 0.337 e. The van der Waals surface area contributed by atoms with Gasteiger partial charge in [0, 0.05) is 11.3 Å². The Morgan fingerprint density at radius 1 is 1.33 bits per heavy atom. The number of carbonyl (C=O) groups is 2. The van der Waals surface area contributed by atoms with Crippen molar-refractivity contribution in [3.05, 3.63) is 35.0 Å². The van der Waals surface area contributed by atoms with E-state index in [2.05, 4.69) is 10.6 Å². The molecule has 1 atom stereocenters. The molecular formula is C14H16N2O5. The zero-order valence-electron chi connectivity index (χ0n) is 11.9. The molecule has 0 unspecified atom stereocenters. The number of hydrogen-bond donors (Lipinski definition) is 3. The third-order valence-electron chi connectivity index (χ3n) is 3.24. The smallest absolute Gasteiger partial charge is 0.337 e. The van der Waals surface area contributed by atoms with E-state index < -0.39 is 18.0 Å². The molecule has 1 aliphatic rings. The van der Waals surface area contributed by atoms with Crippen LogP contribution in [0, 0.1) is 0 Å². The number of rotatable bonds is 3. The Balaban J connectivity index is 2.57. The minimum Gasteiger partial charge on any atom is -0.504 e. The number of urea groups is 1. The van der Waals surface area contributed by atoms with Gasteiger partial charge < -0.3 is 25.2 Å². The van der Waals surface area contributed by atoms with Crippen LogP contribution in [0.2, 0.25) is 0 Å². The Kier molecular flexibility index (Phi) is 4.02. The quantitative estimate of drug-likeness (QED) is 0.727. The second-order valence-electron chi connectivity index (χ2n) is 4.46. The SMILES string of the molecule is COC(=O)C1=C(C)NC(=O)N[C@H]1c1cccc(OC)c1O. The summed E-state index contributed by atoms with van der Waals surface area (Å²) in [6, 6.07) is 3.56. The van der Waals surface area contributed by atoms with Gasteiger partial charge in [-0.05, 0) is 13.0 Å². The van der Waals surface area contributed by atoms with Gasteiger partial charge in [-0.15, -0.1) is 0 Å². The maximum atomic E-state index is 11.9. The van der Waals surface area contributed by atoms with E-state index in [0.29, 0.717) is 11.3 Å². The first-order chi connectivity index (χ1) is 9.99. The van der Waals surface area contributed by atoms with Gasteiger partial charge in [0.15, 0.2) is 11.5 Å². The van der Waals surface area contributed by atoms with Crippen LogP contribution in [-0.4, -0.2) is 31.3 Å². The molecule has 2 rings (SSSR count). The second kappa shape index (κ2) is 5.74. The lowest BCUT2D eigenvalue weighted by Crippen LogP contribution is -2.45. The first kappa shape index (κ1) is 14.7. The fraction of sp³-hybridized carbons (Fsp3) is 0.286. The van der Waals surface area contributed by atoms with E-state index in [9.17, 15) is 14.7 Å². The summed E-state index contributed by atoms with van der Waals surface area (Å²) in [5.74, 6) is -0.476. The van der Waals surface area contributed by atoms with Gasteiger partial charge in [0.05, 0.1) is 25.8 Å². The van der Waals surface area contributed by atoms with E-state index in [1.807, 2.05) is 0 Å². The average Bonchev–Trinajstić information content (AvgIpc) is 2.46. The van der Waals surface area contributed by atoms with E-state index in [4.69, 9.17) is 9.47 Å². The molecule has 1 heterocycles. The van der Waals surface area contributed by atoms with Crippen LogP contribution in [0.1, 0.15) is 18.5 Å². The number of allylic oxidation sites excluding steroid dienone is 1. The van der Waals surface area contributed by atoms with Crippen molar-refractivity contribution in [2.24, 2.45) is 0 Å². The van der Waals surface area contributed by atoms with Gasteiger partial charge in [-0.2, -0.15) is 0 Å². The zero-order chi connectivity index (χ0) is 15.6. The number of phenolic OH excluding ortho intramolecular Hbond substituents is 1. The molecule has 3 N–H and O–H groups in total. The highest BCUT2D eigenvalue weighted by atomic mass is 16.5. The van der Waals surface area contributed by atoms with Crippen LogP contribution in [-0.2, 0) is 9.53 Å². The molecule has 21 heavy (non-hydrogen) atoms. The number of phenols is 1. The second-order valence-corrected chi connectivity index (χ2v) is 4.46. The van der Waals surface area contributed by atoms with Crippen LogP contribution >= 0.6 is 0 Å². The number of carbonyl (C=O) groups excluding carboxylic acids is 2. The Bertz CT molecular complexity index is 624. The van der Waals surface area contributed by atoms with Crippen LogP contribution in [0.25, 0.3) is 0 Å². The highest BCUT2D eigenvalue weighted by molar-refractivity contribution is 5.95. The third-order valence-corrected chi connectivity index (χ3v) is 3.24. The molecule has 0 bridgehead atoms. The Morgan fingerprint density at radius 2 is 2.05 bits per heavy atom. The van der Waals surface area contributed by atoms with Crippen molar-refractivity contribution in [1.29, 1.82) is 0 Å². The number of nitrogens with one attached hydrogen (secondary N) is 2. The first-order valence-corrected chi connectivity index (χ1v) is 6.22. The van der Waals surface area contributed by atoms with Crippen LogP contribution < -0.4 is 15.4 Å². The fourth-order valence-electron chi connectivity index (χ4n) is 2.24. The molecule has 0 radical (unpaired) electrons. The number of ether oxygens (including phenoxy) is 2. The maximum absolute atomic E-state index is 11.9. The molecule has 7 nitrogen and oxygen atoms in total. The molecule has 0 saturated carbocycles. The molecule has 1 aromatic carbocycles. The lowest BCUT2D eigenvalue weighted by Gasteiger charge is -2.28. The molecule has 7 heteroatoms. The lowest BCUT2D eigenvalue weighted by atomic mass is 9.94. The summed E-state index contributed by atoms with van der Waals surface area (Å²) in [4.78, 5) is 23.6. The van der Waals surface area contributed by atoms with E-state index >= 15 is 0 Å². The molecule has 0 aliphatic carbocycles. The van der Waals surface area contributed by atoms with Crippen LogP contribution in [0.4, 0.5) is 4.79 Å². The molecule has 0 fully saturated rings. The van der Waals surface area contributed by atoms with Gasteiger partial charge in [0.1, 0.15) is 0 Å². The van der Waals surface area contributed by atoms with Gasteiger partial charge >= 0.3 is 12.0 Å². The number of esters is 1. The normalized spacial score (nSPS) is 17.9. The molecule has 0 saturated heterocycles. The molecule has 112 valence electrons. The largest absolute Gasteiger partial charge is 0.504 e. The minimum atomic E-state index is -0.818. The standard InChI is InChI=1S/C14H16N2O5/c1-7-10(13(18)21-3)11(16-14(19)15-7)8-5-4-6-9(20-2)12(8)17/h4-6,11,17H,1-3H3,(H2,15,16,19)/t11-/m0/s1. The van der Waals surface area contributed by atoms with Gasteiger partial charge in [0.2, 0.25) is 0 Å². The average molecular weight is 292 g/mol. The molecule has 0 aromatic heterocycles. The number of amides is 2. The molecule has 0 spiro atoms. The lowest BCUT2D eigenvalue weighted by molar-refractivity contribution is -0.136. The van der Waals surface area contributed by atoms with Gasteiger partial charge in [-0.25, -0.2) is 9.59 Å². The highest BCUT2D eigenvalue weighted by Crippen LogP contribution is 2.38. The summed E-state index contributed by atoms with van der Waals surface area (Å²) in [5.41, 5.74) is 0.947. The molecule has 2 amide bonds. The first-order valence-electron chi connectivity index (χ1n) is 6.22. The minimum absolute atomic E-state index is 0.138. The predicted octanol–water partition coefficient (Wildman–Crippen LogP) is 1.20. The summed E-state index contributed by atoms with van der Waals surface area (Å²) in [7, 11) is 2.67. The monoisotopic (exact) mass is 292 g/mol. The molecule has 1 aliphatic heterocycles. The predicted molar refractivity (Wildman–Crippen MR) is 73.8 cm³/mol. The number of methoxy groups -OCH3 is 2. The fourth-order valence-corrected chi connectivity index (χ4v) is 2.24. The van der Waals surface area contributed by atoms with Crippen molar-refractivity contribution in [3.8, 4) is 11.5 Å². The summed E-state index contributed by atoms with van der Waals surface area (Å²) in [5, 5.41) is 15.3. The summed E-state index contributed by atoms with van der Waals surface area (Å²) < 4.78 is 9.78. The Labute approximate surface area is 121 Å². The van der Waals surface area contributed by atoms with E-state index in [-0.39, 0.29) is 17.1 Å². The number of aromatic hydroxyl groups is 1. The summed E-state index contributed by atoms with van der Waals surface area (Å²) >= 11 is 0. The topological polar surface area (TPSA) is 96.9 Å². The Hall–Kier alpha value is -2.70. The molecule has 1 aromatic rings. The van der Waals surface area contributed by atoms with Crippen molar-refractivity contribution in [2.45, 2.75) is 13.0 Å². The van der Waals surface area contributed by atoms with E-state index in [1.54, 1.807) is 25.1 Å². The van der Waals surface area contributed by atoms with Crippen LogP contribution in [0.5, 0.6) is 11.5 Å². The number of benzene rings is 1. The van der Waals surface area contributed by atoms with E-state index in [0.717, 1.165) is 0 Å². The van der Waals surface area contributed by atoms with Gasteiger partial charge in [-0.3, -0.25) is 0 Å². The van der Waals surface area contributed by atoms with Crippen molar-refractivity contribution in [2.75, 3.05) is 14.2 Å². The Morgan fingerprint density at radius 3 is 2.67 bits per heavy atom. The van der Waals surface area contributed by atoms with Gasteiger partial charge in [0.25, 0.3) is 0 Å². The van der Waals surface area contributed by atoms with Crippen molar-refractivity contribution >= 4 is 12.0 Å². The third kappa shape index (κ3) is 2.62. The van der Waals surface area contributed by atoms with Crippen LogP contribution in [0.15, 0.2) is 29.5 Å². The van der Waals surface area contributed by atoms with Crippen molar-refractivity contribution in [1.82, 2.24) is 10.6 Å². The zero-order valence-corrected chi connectivity index (χ0v) is 11.9. The summed E-state index contributed by atoms with van der Waals surface area (Å²) in [6.45, 7) is 1.59. The van der Waals surface area contributed by atoms with Crippen molar-refractivity contribution < 1.29 is 24.2 Å². The number of hydrogen-bond acceptors (Lipinski definition) is 5. The summed E-state index contributed by atoms with van der Waals surface area (Å²) in [6.07, 6.45) is 0. The van der Waals surface area contributed by atoms with Crippen molar-refractivity contribution in [3.63, 3.8) is 0 Å². The highest BCUT2D eigenvalue weighted by Gasteiger charge is 2.33. The van der Waals surface area contributed by atoms with Gasteiger partial charge in [-0.1, -0.05) is 12.1 Å².